The van der Waals surface area contributed by atoms with E-state index in [-0.39, 0.29) is 4.08 Å². The standard InChI is InChI=1S/C23H22S2/c1-2-13-23(24-14-4-15-25-23)20-12-10-18-8-7-16-5-3-6-17-9-11-19(20)22(18)21(16)17/h3,5-12H,2,4,13-15H2,1H3. The van der Waals surface area contributed by atoms with Crippen molar-refractivity contribution in [3.05, 3.63) is 60.2 Å². The van der Waals surface area contributed by atoms with E-state index in [1.54, 1.807) is 5.56 Å². The lowest BCUT2D eigenvalue weighted by Crippen LogP contribution is -2.23. The summed E-state index contributed by atoms with van der Waals surface area (Å²) in [4.78, 5) is 0. The number of thioether (sulfide) groups is 2. The molecule has 0 unspecified atom stereocenters. The molecule has 0 aliphatic carbocycles. The van der Waals surface area contributed by atoms with Crippen LogP contribution < -0.4 is 0 Å². The Hall–Kier alpha value is -1.38. The Morgan fingerprint density at radius 2 is 1.44 bits per heavy atom. The van der Waals surface area contributed by atoms with Crippen molar-refractivity contribution in [3.8, 4) is 0 Å². The fourth-order valence-electron chi connectivity index (χ4n) is 4.41. The zero-order valence-corrected chi connectivity index (χ0v) is 16.2. The van der Waals surface area contributed by atoms with Crippen LogP contribution >= 0.6 is 23.5 Å². The summed E-state index contributed by atoms with van der Waals surface area (Å²) in [5.74, 6) is 2.57. The molecule has 0 bridgehead atoms. The Morgan fingerprint density at radius 1 is 0.800 bits per heavy atom. The minimum absolute atomic E-state index is 0.231. The maximum atomic E-state index is 2.42. The summed E-state index contributed by atoms with van der Waals surface area (Å²) in [6, 6.07) is 20.7. The number of rotatable bonds is 3. The van der Waals surface area contributed by atoms with E-state index in [2.05, 4.69) is 85.0 Å². The van der Waals surface area contributed by atoms with E-state index in [1.807, 2.05) is 0 Å². The van der Waals surface area contributed by atoms with Gasteiger partial charge in [-0.25, -0.2) is 0 Å². The van der Waals surface area contributed by atoms with Crippen LogP contribution in [-0.2, 0) is 4.08 Å². The predicted molar refractivity (Wildman–Crippen MR) is 116 cm³/mol. The maximum Gasteiger partial charge on any atom is 0.0866 e. The molecule has 0 amide bonds. The second-order valence-corrected chi connectivity index (χ2v) is 10.1. The number of benzene rings is 4. The van der Waals surface area contributed by atoms with Crippen LogP contribution in [0.3, 0.4) is 0 Å². The van der Waals surface area contributed by atoms with Gasteiger partial charge in [-0.05, 0) is 62.2 Å². The molecule has 126 valence electrons. The molecule has 0 aromatic heterocycles. The van der Waals surface area contributed by atoms with Gasteiger partial charge in [0.05, 0.1) is 4.08 Å². The highest BCUT2D eigenvalue weighted by molar-refractivity contribution is 8.18. The van der Waals surface area contributed by atoms with E-state index in [1.165, 1.54) is 63.1 Å². The van der Waals surface area contributed by atoms with Gasteiger partial charge < -0.3 is 0 Å². The molecule has 0 radical (unpaired) electrons. The normalized spacial score (nSPS) is 17.6. The van der Waals surface area contributed by atoms with Crippen LogP contribution in [0, 0.1) is 0 Å². The average Bonchev–Trinajstić information content (AvgIpc) is 2.67. The van der Waals surface area contributed by atoms with Gasteiger partial charge in [-0.1, -0.05) is 67.9 Å². The van der Waals surface area contributed by atoms with Crippen LogP contribution in [0.15, 0.2) is 54.6 Å². The van der Waals surface area contributed by atoms with Crippen molar-refractivity contribution in [1.82, 2.24) is 0 Å². The lowest BCUT2D eigenvalue weighted by molar-refractivity contribution is 0.731. The highest BCUT2D eigenvalue weighted by atomic mass is 32.2. The Labute approximate surface area is 157 Å². The van der Waals surface area contributed by atoms with Crippen molar-refractivity contribution in [2.45, 2.75) is 30.3 Å². The molecular formula is C23H22S2. The van der Waals surface area contributed by atoms with Crippen molar-refractivity contribution in [1.29, 1.82) is 0 Å². The maximum absolute atomic E-state index is 2.42. The van der Waals surface area contributed by atoms with Gasteiger partial charge in [-0.2, -0.15) is 0 Å². The molecule has 1 heterocycles. The van der Waals surface area contributed by atoms with Crippen LogP contribution in [-0.4, -0.2) is 11.5 Å². The second kappa shape index (κ2) is 6.10. The summed E-state index contributed by atoms with van der Waals surface area (Å²) in [5.41, 5.74) is 1.55. The molecular weight excluding hydrogens is 340 g/mol. The van der Waals surface area contributed by atoms with E-state index in [4.69, 9.17) is 0 Å². The first-order chi connectivity index (χ1) is 12.3. The van der Waals surface area contributed by atoms with E-state index >= 15 is 0 Å². The van der Waals surface area contributed by atoms with Gasteiger partial charge in [-0.15, -0.1) is 23.5 Å². The third-order valence-electron chi connectivity index (χ3n) is 5.48. The lowest BCUT2D eigenvalue weighted by atomic mass is 9.90. The highest BCUT2D eigenvalue weighted by Gasteiger charge is 2.36. The third kappa shape index (κ3) is 2.38. The van der Waals surface area contributed by atoms with Crippen LogP contribution in [0.5, 0.6) is 0 Å². The van der Waals surface area contributed by atoms with Crippen LogP contribution in [0.4, 0.5) is 0 Å². The fraction of sp³-hybridized carbons (Fsp3) is 0.304. The summed E-state index contributed by atoms with van der Waals surface area (Å²) in [5, 5.41) is 8.48. The second-order valence-electron chi connectivity index (χ2n) is 7.02. The molecule has 5 rings (SSSR count). The highest BCUT2D eigenvalue weighted by Crippen LogP contribution is 2.55. The van der Waals surface area contributed by atoms with Gasteiger partial charge in [0.2, 0.25) is 0 Å². The van der Waals surface area contributed by atoms with Crippen molar-refractivity contribution >= 4 is 55.8 Å². The average molecular weight is 363 g/mol. The van der Waals surface area contributed by atoms with Gasteiger partial charge in [0.25, 0.3) is 0 Å². The molecule has 1 aliphatic rings. The van der Waals surface area contributed by atoms with E-state index < -0.39 is 0 Å². The van der Waals surface area contributed by atoms with E-state index in [0.29, 0.717) is 0 Å². The minimum Gasteiger partial charge on any atom is -0.139 e. The summed E-state index contributed by atoms with van der Waals surface area (Å²) >= 11 is 4.36. The van der Waals surface area contributed by atoms with E-state index in [9.17, 15) is 0 Å². The van der Waals surface area contributed by atoms with Gasteiger partial charge in [0.1, 0.15) is 0 Å². The fourth-order valence-corrected chi connectivity index (χ4v) is 8.02. The molecule has 1 fully saturated rings. The van der Waals surface area contributed by atoms with Crippen LogP contribution in [0.25, 0.3) is 32.3 Å². The van der Waals surface area contributed by atoms with Crippen molar-refractivity contribution in [3.63, 3.8) is 0 Å². The lowest BCUT2D eigenvalue weighted by Gasteiger charge is -2.37. The summed E-state index contributed by atoms with van der Waals surface area (Å²) in [7, 11) is 0. The topological polar surface area (TPSA) is 0 Å². The first kappa shape index (κ1) is 15.8. The number of hydrogen-bond acceptors (Lipinski definition) is 2. The van der Waals surface area contributed by atoms with Gasteiger partial charge >= 0.3 is 0 Å². The molecule has 4 aromatic carbocycles. The molecule has 25 heavy (non-hydrogen) atoms. The summed E-state index contributed by atoms with van der Waals surface area (Å²) < 4.78 is 0.231. The van der Waals surface area contributed by atoms with Crippen LogP contribution in [0.2, 0.25) is 0 Å². The molecule has 0 nitrogen and oxygen atoms in total. The predicted octanol–water partition coefficient (Wildman–Crippen LogP) is 7.41. The van der Waals surface area contributed by atoms with Crippen molar-refractivity contribution < 1.29 is 0 Å². The molecule has 0 spiro atoms. The first-order valence-corrected chi connectivity index (χ1v) is 11.2. The molecule has 4 aromatic rings. The third-order valence-corrected chi connectivity index (χ3v) is 8.95. The Kier molecular flexibility index (Phi) is 3.87. The Morgan fingerprint density at radius 3 is 2.16 bits per heavy atom. The molecule has 1 saturated heterocycles. The van der Waals surface area contributed by atoms with Gasteiger partial charge in [-0.3, -0.25) is 0 Å². The Bertz CT molecular complexity index is 1020. The smallest absolute Gasteiger partial charge is 0.0866 e. The monoisotopic (exact) mass is 362 g/mol. The zero-order valence-electron chi connectivity index (χ0n) is 14.5. The first-order valence-electron chi connectivity index (χ1n) is 9.27. The van der Waals surface area contributed by atoms with Crippen molar-refractivity contribution in [2.75, 3.05) is 11.5 Å². The van der Waals surface area contributed by atoms with Crippen LogP contribution in [0.1, 0.15) is 31.7 Å². The Balaban J connectivity index is 1.87. The SMILES string of the molecule is CCCC1(c2ccc3ccc4cccc5ccc2c3c45)SCCCS1. The summed E-state index contributed by atoms with van der Waals surface area (Å²) in [6.45, 7) is 2.33. The molecule has 0 atom stereocenters. The van der Waals surface area contributed by atoms with Gasteiger partial charge in [0, 0.05) is 0 Å². The molecule has 0 saturated carbocycles. The zero-order chi connectivity index (χ0) is 16.9. The quantitative estimate of drug-likeness (QED) is 0.348. The van der Waals surface area contributed by atoms with Crippen molar-refractivity contribution in [2.24, 2.45) is 0 Å². The summed E-state index contributed by atoms with van der Waals surface area (Å²) in [6.07, 6.45) is 3.83. The molecule has 1 aliphatic heterocycles. The minimum atomic E-state index is 0.231. The van der Waals surface area contributed by atoms with Gasteiger partial charge in [0.15, 0.2) is 0 Å². The molecule has 0 N–H and O–H groups in total. The number of hydrogen-bond donors (Lipinski definition) is 0. The largest absolute Gasteiger partial charge is 0.139 e. The van der Waals surface area contributed by atoms with E-state index in [0.717, 1.165) is 0 Å². The molecule has 2 heteroatoms.